The average Bonchev–Trinajstić information content (AvgIpc) is 3.16. The van der Waals surface area contributed by atoms with E-state index in [1.807, 2.05) is 9.80 Å². The predicted molar refractivity (Wildman–Crippen MR) is 90.5 cm³/mol. The Balaban J connectivity index is 1.58. The summed E-state index contributed by atoms with van der Waals surface area (Å²) in [6.07, 6.45) is 1.66. The van der Waals surface area contributed by atoms with E-state index in [0.29, 0.717) is 42.6 Å². The van der Waals surface area contributed by atoms with Crippen molar-refractivity contribution in [3.05, 3.63) is 51.8 Å². The van der Waals surface area contributed by atoms with E-state index in [9.17, 15) is 14.5 Å². The molecule has 3 heterocycles. The monoisotopic (exact) mass is 347 g/mol. The van der Waals surface area contributed by atoms with E-state index in [2.05, 4.69) is 4.98 Å². The molecule has 2 aromatic heterocycles. The van der Waals surface area contributed by atoms with Crippen LogP contribution in [-0.4, -0.2) is 40.5 Å². The number of imidazole rings is 1. The number of aromatic nitrogens is 2. The van der Waals surface area contributed by atoms with Crippen LogP contribution in [0.15, 0.2) is 35.8 Å². The van der Waals surface area contributed by atoms with Gasteiger partial charge in [0.1, 0.15) is 12.0 Å². The van der Waals surface area contributed by atoms with Crippen molar-refractivity contribution in [2.75, 3.05) is 36.0 Å². The first-order chi connectivity index (χ1) is 11.6. The van der Waals surface area contributed by atoms with Gasteiger partial charge < -0.3 is 19.9 Å². The molecule has 0 bridgehead atoms. The number of nitrogens with zero attached hydrogens (tertiary/aromatic N) is 5. The third-order valence-electron chi connectivity index (χ3n) is 4.16. The van der Waals surface area contributed by atoms with Crippen molar-refractivity contribution in [3.63, 3.8) is 0 Å². The van der Waals surface area contributed by atoms with E-state index >= 15 is 0 Å². The lowest BCUT2D eigenvalue weighted by molar-refractivity contribution is -0.389. The Kier molecular flexibility index (Phi) is 3.57. The number of nitro groups is 1. The molecule has 0 radical (unpaired) electrons. The molecule has 0 atom stereocenters. The topological polar surface area (TPSA) is 66.9 Å². The van der Waals surface area contributed by atoms with Crippen LogP contribution in [0.2, 0.25) is 0 Å². The van der Waals surface area contributed by atoms with E-state index in [-0.39, 0.29) is 11.6 Å². The second-order valence-corrected chi connectivity index (χ2v) is 6.37. The van der Waals surface area contributed by atoms with Gasteiger partial charge in [0.15, 0.2) is 0 Å². The van der Waals surface area contributed by atoms with E-state index in [4.69, 9.17) is 0 Å². The van der Waals surface area contributed by atoms with Crippen LogP contribution >= 0.6 is 11.3 Å². The lowest BCUT2D eigenvalue weighted by atomic mass is 10.2. The summed E-state index contributed by atoms with van der Waals surface area (Å²) in [5.74, 6) is 0.130. The molecule has 0 saturated carbocycles. The highest BCUT2D eigenvalue weighted by Gasteiger charge is 2.30. The standard InChI is InChI=1S/C15H14FN5O2S/c16-11-3-1-2-4-12(11)18-5-7-19(8-6-18)13-14(21(22)23)20-9-10-24-15(20)17-13/h1-4,9-10H,5-8H2. The maximum atomic E-state index is 13.9. The second-order valence-electron chi connectivity index (χ2n) is 5.50. The molecule has 24 heavy (non-hydrogen) atoms. The largest absolute Gasteiger partial charge is 0.373 e. The summed E-state index contributed by atoms with van der Waals surface area (Å²) in [4.78, 5) is 19.9. The fraction of sp³-hybridized carbons (Fsp3) is 0.267. The fourth-order valence-electron chi connectivity index (χ4n) is 3.01. The first-order valence-corrected chi connectivity index (χ1v) is 8.37. The molecular formula is C15H14FN5O2S. The van der Waals surface area contributed by atoms with Gasteiger partial charge in [-0.3, -0.25) is 0 Å². The molecule has 1 aromatic carbocycles. The number of rotatable bonds is 3. The average molecular weight is 347 g/mol. The summed E-state index contributed by atoms with van der Waals surface area (Å²) >= 11 is 1.36. The van der Waals surface area contributed by atoms with Crippen molar-refractivity contribution >= 4 is 33.6 Å². The predicted octanol–water partition coefficient (Wildman–Crippen LogP) is 2.77. The van der Waals surface area contributed by atoms with Gasteiger partial charge in [-0.15, -0.1) is 0 Å². The van der Waals surface area contributed by atoms with E-state index < -0.39 is 4.92 Å². The summed E-state index contributed by atoms with van der Waals surface area (Å²) in [7, 11) is 0. The van der Waals surface area contributed by atoms with Gasteiger partial charge in [-0.05, 0) is 17.1 Å². The molecule has 1 aliphatic rings. The molecule has 4 rings (SSSR count). The number of benzene rings is 1. The van der Waals surface area contributed by atoms with Crippen LogP contribution in [0.3, 0.4) is 0 Å². The number of fused-ring (bicyclic) bond motifs is 1. The fourth-order valence-corrected chi connectivity index (χ4v) is 3.72. The summed E-state index contributed by atoms with van der Waals surface area (Å²) in [6.45, 7) is 2.28. The van der Waals surface area contributed by atoms with Crippen molar-refractivity contribution in [2.24, 2.45) is 0 Å². The number of anilines is 2. The van der Waals surface area contributed by atoms with Gasteiger partial charge in [-0.2, -0.15) is 9.38 Å². The summed E-state index contributed by atoms with van der Waals surface area (Å²) in [5, 5.41) is 13.2. The zero-order valence-corrected chi connectivity index (χ0v) is 13.4. The minimum atomic E-state index is -0.398. The van der Waals surface area contributed by atoms with Crippen molar-refractivity contribution in [2.45, 2.75) is 0 Å². The molecule has 7 nitrogen and oxygen atoms in total. The summed E-state index contributed by atoms with van der Waals surface area (Å²) in [5.41, 5.74) is 0.567. The second kappa shape index (κ2) is 5.75. The van der Waals surface area contributed by atoms with Crippen LogP contribution in [0.1, 0.15) is 0 Å². The van der Waals surface area contributed by atoms with Crippen LogP contribution in [-0.2, 0) is 0 Å². The summed E-state index contributed by atoms with van der Waals surface area (Å²) < 4.78 is 15.4. The molecule has 3 aromatic rings. The van der Waals surface area contributed by atoms with Crippen molar-refractivity contribution < 1.29 is 9.31 Å². The SMILES string of the molecule is O=[N+]([O-])c1c(N2CCN(c3ccccc3F)CC2)nc2sccn12. The van der Waals surface area contributed by atoms with Gasteiger partial charge in [0.25, 0.3) is 4.96 Å². The number of thiazole rings is 1. The Hall–Kier alpha value is -2.68. The van der Waals surface area contributed by atoms with Gasteiger partial charge in [0.05, 0.1) is 5.69 Å². The van der Waals surface area contributed by atoms with E-state index in [1.54, 1.807) is 29.8 Å². The molecule has 0 unspecified atom stereocenters. The van der Waals surface area contributed by atoms with Gasteiger partial charge in [0.2, 0.25) is 5.82 Å². The van der Waals surface area contributed by atoms with Crippen molar-refractivity contribution in [1.82, 2.24) is 9.38 Å². The molecule has 1 fully saturated rings. The maximum Gasteiger partial charge on any atom is 0.373 e. The Morgan fingerprint density at radius 2 is 1.88 bits per heavy atom. The highest BCUT2D eigenvalue weighted by Crippen LogP contribution is 2.32. The first-order valence-electron chi connectivity index (χ1n) is 7.49. The van der Waals surface area contributed by atoms with Crippen LogP contribution in [0, 0.1) is 15.9 Å². The Morgan fingerprint density at radius 1 is 1.17 bits per heavy atom. The Bertz CT molecular complexity index is 900. The minimum Gasteiger partial charge on any atom is -0.366 e. The third kappa shape index (κ3) is 2.37. The zero-order valence-electron chi connectivity index (χ0n) is 12.6. The van der Waals surface area contributed by atoms with Crippen LogP contribution in [0.5, 0.6) is 0 Å². The molecular weight excluding hydrogens is 333 g/mol. The molecule has 124 valence electrons. The highest BCUT2D eigenvalue weighted by molar-refractivity contribution is 7.15. The third-order valence-corrected chi connectivity index (χ3v) is 4.92. The Labute approximate surface area is 140 Å². The Morgan fingerprint density at radius 3 is 2.58 bits per heavy atom. The zero-order chi connectivity index (χ0) is 16.7. The molecule has 0 spiro atoms. The lowest BCUT2D eigenvalue weighted by Gasteiger charge is -2.36. The van der Waals surface area contributed by atoms with E-state index in [1.165, 1.54) is 21.8 Å². The summed E-state index contributed by atoms with van der Waals surface area (Å²) in [6, 6.07) is 6.66. The van der Waals surface area contributed by atoms with Crippen molar-refractivity contribution in [1.29, 1.82) is 0 Å². The molecule has 0 amide bonds. The smallest absolute Gasteiger partial charge is 0.366 e. The molecule has 0 aliphatic carbocycles. The van der Waals surface area contributed by atoms with Gasteiger partial charge >= 0.3 is 5.82 Å². The van der Waals surface area contributed by atoms with Gasteiger partial charge in [-0.25, -0.2) is 4.39 Å². The van der Waals surface area contributed by atoms with Crippen LogP contribution in [0.4, 0.5) is 21.7 Å². The number of halogens is 1. The number of hydrogen-bond acceptors (Lipinski definition) is 6. The number of hydrogen-bond donors (Lipinski definition) is 0. The maximum absolute atomic E-state index is 13.9. The molecule has 1 saturated heterocycles. The molecule has 0 N–H and O–H groups in total. The van der Waals surface area contributed by atoms with E-state index in [0.717, 1.165) is 0 Å². The number of para-hydroxylation sites is 1. The lowest BCUT2D eigenvalue weighted by Crippen LogP contribution is -2.47. The normalized spacial score (nSPS) is 15.2. The van der Waals surface area contributed by atoms with Gasteiger partial charge in [0, 0.05) is 31.6 Å². The van der Waals surface area contributed by atoms with Gasteiger partial charge in [-0.1, -0.05) is 23.5 Å². The van der Waals surface area contributed by atoms with Crippen molar-refractivity contribution in [3.8, 4) is 0 Å². The highest BCUT2D eigenvalue weighted by atomic mass is 32.1. The minimum absolute atomic E-state index is 0.00871. The number of piperazine rings is 1. The molecule has 9 heteroatoms. The first kappa shape index (κ1) is 14.9. The van der Waals surface area contributed by atoms with Crippen LogP contribution in [0.25, 0.3) is 4.96 Å². The quantitative estimate of drug-likeness (QED) is 0.538. The van der Waals surface area contributed by atoms with Crippen LogP contribution < -0.4 is 9.80 Å². The molecule has 1 aliphatic heterocycles.